The zero-order valence-corrected chi connectivity index (χ0v) is 12.4. The van der Waals surface area contributed by atoms with Crippen molar-refractivity contribution in [1.29, 1.82) is 0 Å². The van der Waals surface area contributed by atoms with Crippen LogP contribution in [0, 0.1) is 12.7 Å². The predicted molar refractivity (Wildman–Crippen MR) is 77.3 cm³/mol. The quantitative estimate of drug-likeness (QED) is 0.921. The molecule has 1 saturated carbocycles. The van der Waals surface area contributed by atoms with Gasteiger partial charge in [0.1, 0.15) is 23.2 Å². The highest BCUT2D eigenvalue weighted by molar-refractivity contribution is 9.10. The molecule has 0 radical (unpaired) electrons. The zero-order chi connectivity index (χ0) is 14.3. The van der Waals surface area contributed by atoms with Gasteiger partial charge in [-0.05, 0) is 47.8 Å². The minimum atomic E-state index is -0.370. The summed E-state index contributed by atoms with van der Waals surface area (Å²) in [5.74, 6) is 1.86. The van der Waals surface area contributed by atoms with Crippen LogP contribution in [0.25, 0.3) is 0 Å². The molecular weight excluding hydrogens is 325 g/mol. The summed E-state index contributed by atoms with van der Waals surface area (Å²) >= 11 is 3.32. The van der Waals surface area contributed by atoms with E-state index in [2.05, 4.69) is 25.9 Å². The van der Waals surface area contributed by atoms with Gasteiger partial charge in [-0.2, -0.15) is 4.98 Å². The Hall–Kier alpha value is -1.69. The van der Waals surface area contributed by atoms with Gasteiger partial charge in [-0.25, -0.2) is 9.37 Å². The molecule has 104 valence electrons. The molecule has 1 heterocycles. The van der Waals surface area contributed by atoms with Gasteiger partial charge in [0.2, 0.25) is 5.88 Å². The van der Waals surface area contributed by atoms with E-state index in [1.807, 2.05) is 0 Å². The molecule has 1 aliphatic rings. The smallest absolute Gasteiger partial charge is 0.227 e. The van der Waals surface area contributed by atoms with Gasteiger partial charge in [-0.3, -0.25) is 0 Å². The van der Waals surface area contributed by atoms with E-state index < -0.39 is 0 Å². The summed E-state index contributed by atoms with van der Waals surface area (Å²) in [7, 11) is 0. The first-order chi connectivity index (χ1) is 9.54. The van der Waals surface area contributed by atoms with E-state index in [1.165, 1.54) is 12.1 Å². The Bertz CT molecular complexity index is 674. The average molecular weight is 338 g/mol. The summed E-state index contributed by atoms with van der Waals surface area (Å²) in [5.41, 5.74) is 6.55. The van der Waals surface area contributed by atoms with Crippen LogP contribution in [0.1, 0.15) is 30.1 Å². The Kier molecular flexibility index (Phi) is 3.33. The summed E-state index contributed by atoms with van der Waals surface area (Å²) < 4.78 is 19.6. The lowest BCUT2D eigenvalue weighted by Gasteiger charge is -2.12. The first-order valence-corrected chi connectivity index (χ1v) is 7.11. The third-order valence-electron chi connectivity index (χ3n) is 3.20. The summed E-state index contributed by atoms with van der Waals surface area (Å²) in [5, 5.41) is 0. The Morgan fingerprint density at radius 3 is 2.80 bits per heavy atom. The first-order valence-electron chi connectivity index (χ1n) is 6.31. The van der Waals surface area contributed by atoms with E-state index >= 15 is 0 Å². The lowest BCUT2D eigenvalue weighted by Crippen LogP contribution is -2.04. The lowest BCUT2D eigenvalue weighted by atomic mass is 10.3. The minimum Gasteiger partial charge on any atom is -0.437 e. The first kappa shape index (κ1) is 13.3. The number of rotatable bonds is 3. The fraction of sp³-hybridized carbons (Fsp3) is 0.286. The molecule has 0 unspecified atom stereocenters. The molecule has 1 aromatic carbocycles. The van der Waals surface area contributed by atoms with Crippen LogP contribution in [0.5, 0.6) is 11.6 Å². The van der Waals surface area contributed by atoms with Crippen LogP contribution in [0.4, 0.5) is 10.2 Å². The Morgan fingerprint density at radius 2 is 2.10 bits per heavy atom. The second kappa shape index (κ2) is 5.01. The van der Waals surface area contributed by atoms with Crippen molar-refractivity contribution in [2.75, 3.05) is 5.73 Å². The fourth-order valence-corrected chi connectivity index (χ4v) is 2.14. The molecule has 0 amide bonds. The summed E-state index contributed by atoms with van der Waals surface area (Å²) in [6.07, 6.45) is 2.15. The van der Waals surface area contributed by atoms with Crippen molar-refractivity contribution < 1.29 is 9.13 Å². The predicted octanol–water partition coefficient (Wildman–Crippen LogP) is 3.94. The largest absolute Gasteiger partial charge is 0.437 e. The number of nitrogen functional groups attached to an aromatic ring is 1. The third-order valence-corrected chi connectivity index (χ3v) is 3.85. The molecule has 20 heavy (non-hydrogen) atoms. The van der Waals surface area contributed by atoms with Crippen molar-refractivity contribution in [3.8, 4) is 11.6 Å². The molecule has 1 fully saturated rings. The van der Waals surface area contributed by atoms with Crippen molar-refractivity contribution in [2.45, 2.75) is 25.7 Å². The SMILES string of the molecule is Cc1c(N)nc(C2CC2)nc1Oc1cc(F)ccc1Br. The highest BCUT2D eigenvalue weighted by atomic mass is 79.9. The van der Waals surface area contributed by atoms with E-state index in [0.29, 0.717) is 39.2 Å². The molecular formula is C14H13BrFN3O. The van der Waals surface area contributed by atoms with Crippen LogP contribution in [0.15, 0.2) is 22.7 Å². The van der Waals surface area contributed by atoms with Crippen LogP contribution >= 0.6 is 15.9 Å². The van der Waals surface area contributed by atoms with E-state index in [-0.39, 0.29) is 5.82 Å². The Labute approximate surface area is 124 Å². The topological polar surface area (TPSA) is 61.0 Å². The van der Waals surface area contributed by atoms with Gasteiger partial charge in [-0.1, -0.05) is 0 Å². The third kappa shape index (κ3) is 2.60. The van der Waals surface area contributed by atoms with Gasteiger partial charge in [-0.15, -0.1) is 0 Å². The van der Waals surface area contributed by atoms with Crippen LogP contribution in [-0.4, -0.2) is 9.97 Å². The number of hydrogen-bond donors (Lipinski definition) is 1. The summed E-state index contributed by atoms with van der Waals surface area (Å²) in [4.78, 5) is 8.68. The molecule has 2 N–H and O–H groups in total. The molecule has 1 aliphatic carbocycles. The van der Waals surface area contributed by atoms with Crippen molar-refractivity contribution in [3.05, 3.63) is 39.9 Å². The lowest BCUT2D eigenvalue weighted by molar-refractivity contribution is 0.448. The molecule has 0 saturated heterocycles. The zero-order valence-electron chi connectivity index (χ0n) is 10.9. The van der Waals surface area contributed by atoms with Gasteiger partial charge in [0.15, 0.2) is 0 Å². The summed E-state index contributed by atoms with van der Waals surface area (Å²) in [6, 6.07) is 4.25. The van der Waals surface area contributed by atoms with Crippen LogP contribution in [0.3, 0.4) is 0 Å². The standard InChI is InChI=1S/C14H13BrFN3O/c1-7-12(17)18-13(8-2-3-8)19-14(7)20-11-6-9(16)4-5-10(11)15/h4-6,8H,2-3H2,1H3,(H2,17,18,19). The maximum Gasteiger partial charge on any atom is 0.227 e. The molecule has 0 bridgehead atoms. The number of hydrogen-bond acceptors (Lipinski definition) is 4. The monoisotopic (exact) mass is 337 g/mol. The Morgan fingerprint density at radius 1 is 1.35 bits per heavy atom. The molecule has 4 nitrogen and oxygen atoms in total. The van der Waals surface area contributed by atoms with Gasteiger partial charge < -0.3 is 10.5 Å². The van der Waals surface area contributed by atoms with E-state index in [9.17, 15) is 4.39 Å². The van der Waals surface area contributed by atoms with Crippen molar-refractivity contribution in [2.24, 2.45) is 0 Å². The number of halogens is 2. The minimum absolute atomic E-state index is 0.368. The van der Waals surface area contributed by atoms with Crippen molar-refractivity contribution in [1.82, 2.24) is 9.97 Å². The molecule has 0 atom stereocenters. The van der Waals surface area contributed by atoms with E-state index in [1.54, 1.807) is 13.0 Å². The maximum atomic E-state index is 13.3. The molecule has 3 rings (SSSR count). The fourth-order valence-electron chi connectivity index (χ4n) is 1.81. The number of ether oxygens (including phenoxy) is 1. The molecule has 1 aromatic heterocycles. The number of aromatic nitrogens is 2. The van der Waals surface area contributed by atoms with Crippen molar-refractivity contribution in [3.63, 3.8) is 0 Å². The summed E-state index contributed by atoms with van der Waals surface area (Å²) in [6.45, 7) is 1.79. The van der Waals surface area contributed by atoms with Gasteiger partial charge >= 0.3 is 0 Å². The highest BCUT2D eigenvalue weighted by Gasteiger charge is 2.28. The maximum absolute atomic E-state index is 13.3. The Balaban J connectivity index is 1.99. The van der Waals surface area contributed by atoms with Gasteiger partial charge in [0.25, 0.3) is 0 Å². The molecule has 2 aromatic rings. The van der Waals surface area contributed by atoms with Gasteiger partial charge in [0.05, 0.1) is 10.0 Å². The number of nitrogens with zero attached hydrogens (tertiary/aromatic N) is 2. The molecule has 0 spiro atoms. The average Bonchev–Trinajstić information content (AvgIpc) is 3.23. The number of anilines is 1. The highest BCUT2D eigenvalue weighted by Crippen LogP contribution is 2.40. The van der Waals surface area contributed by atoms with Crippen LogP contribution < -0.4 is 10.5 Å². The molecule has 6 heteroatoms. The second-order valence-corrected chi connectivity index (χ2v) is 5.70. The van der Waals surface area contributed by atoms with Crippen LogP contribution in [-0.2, 0) is 0 Å². The number of nitrogens with two attached hydrogens (primary N) is 1. The normalized spacial score (nSPS) is 14.3. The second-order valence-electron chi connectivity index (χ2n) is 4.85. The van der Waals surface area contributed by atoms with Crippen LogP contribution in [0.2, 0.25) is 0 Å². The van der Waals surface area contributed by atoms with Gasteiger partial charge in [0, 0.05) is 12.0 Å². The number of benzene rings is 1. The van der Waals surface area contributed by atoms with E-state index in [0.717, 1.165) is 12.8 Å². The van der Waals surface area contributed by atoms with E-state index in [4.69, 9.17) is 10.5 Å². The molecule has 0 aliphatic heterocycles. The van der Waals surface area contributed by atoms with Crippen molar-refractivity contribution >= 4 is 21.7 Å².